The second kappa shape index (κ2) is 7.68. The molecule has 1 aromatic carbocycles. The lowest BCUT2D eigenvalue weighted by Crippen LogP contribution is -2.44. The van der Waals surface area contributed by atoms with Gasteiger partial charge in [-0.25, -0.2) is 0 Å². The van der Waals surface area contributed by atoms with Crippen LogP contribution in [0.5, 0.6) is 0 Å². The van der Waals surface area contributed by atoms with E-state index in [0.717, 1.165) is 12.8 Å². The monoisotopic (exact) mass is 343 g/mol. The van der Waals surface area contributed by atoms with Crippen LogP contribution in [0, 0.1) is 5.92 Å². The first-order chi connectivity index (χ1) is 12.1. The van der Waals surface area contributed by atoms with Gasteiger partial charge in [0.2, 0.25) is 11.8 Å². The minimum Gasteiger partial charge on any atom is -0.354 e. The number of nitrogens with one attached hydrogen (secondary N) is 1. The lowest BCUT2D eigenvalue weighted by Gasteiger charge is -2.24. The van der Waals surface area contributed by atoms with Crippen LogP contribution in [0.15, 0.2) is 24.3 Å². The summed E-state index contributed by atoms with van der Waals surface area (Å²) in [6.45, 7) is 0.592. The van der Waals surface area contributed by atoms with Gasteiger partial charge in [0.05, 0.1) is 11.3 Å². The molecule has 1 aliphatic carbocycles. The molecule has 6 nitrogen and oxygen atoms in total. The van der Waals surface area contributed by atoms with Gasteiger partial charge in [-0.15, -0.1) is 0 Å². The molecule has 1 fully saturated rings. The van der Waals surface area contributed by atoms with Crippen LogP contribution in [0.3, 0.4) is 0 Å². The van der Waals surface area contributed by atoms with Gasteiger partial charge in [-0.1, -0.05) is 31.4 Å². The minimum atomic E-state index is -0.242. The van der Waals surface area contributed by atoms with Crippen molar-refractivity contribution in [2.45, 2.75) is 32.1 Å². The zero-order valence-corrected chi connectivity index (χ0v) is 14.7. The zero-order chi connectivity index (χ0) is 17.8. The van der Waals surface area contributed by atoms with Gasteiger partial charge in [0.15, 0.2) is 0 Å². The topological polar surface area (TPSA) is 69.7 Å². The van der Waals surface area contributed by atoms with Gasteiger partial charge in [-0.3, -0.25) is 14.4 Å². The van der Waals surface area contributed by atoms with E-state index in [1.807, 2.05) is 0 Å². The Balaban J connectivity index is 1.69. The summed E-state index contributed by atoms with van der Waals surface area (Å²) in [4.78, 5) is 40.1. The molecule has 0 unspecified atom stereocenters. The van der Waals surface area contributed by atoms with Crippen molar-refractivity contribution < 1.29 is 14.4 Å². The molecule has 2 aliphatic rings. The van der Waals surface area contributed by atoms with Crippen LogP contribution in [0.25, 0.3) is 0 Å². The fraction of sp³-hybridized carbons (Fsp3) is 0.526. The van der Waals surface area contributed by atoms with Gasteiger partial charge < -0.3 is 15.1 Å². The van der Waals surface area contributed by atoms with E-state index < -0.39 is 0 Å². The maximum atomic E-state index is 12.5. The average molecular weight is 343 g/mol. The molecule has 1 N–H and O–H groups in total. The lowest BCUT2D eigenvalue weighted by atomic mass is 9.89. The summed E-state index contributed by atoms with van der Waals surface area (Å²) in [6, 6.07) is 6.96. The van der Waals surface area contributed by atoms with E-state index in [2.05, 4.69) is 5.32 Å². The predicted octanol–water partition coefficient (Wildman–Crippen LogP) is 1.80. The largest absolute Gasteiger partial charge is 0.354 e. The summed E-state index contributed by atoms with van der Waals surface area (Å²) < 4.78 is 0. The highest BCUT2D eigenvalue weighted by Crippen LogP contribution is 2.25. The van der Waals surface area contributed by atoms with Crippen molar-refractivity contribution in [1.82, 2.24) is 10.2 Å². The zero-order valence-electron chi connectivity index (χ0n) is 14.7. The molecule has 1 aromatic rings. The average Bonchev–Trinajstić information content (AvgIpc) is 2.72. The molecule has 0 saturated heterocycles. The molecular formula is C19H25N3O3. The third-order valence-corrected chi connectivity index (χ3v) is 5.06. The van der Waals surface area contributed by atoms with Crippen molar-refractivity contribution in [1.29, 1.82) is 0 Å². The number of fused-ring (bicyclic) bond motifs is 1. The quantitative estimate of drug-likeness (QED) is 0.906. The number of benzene rings is 1. The number of amides is 3. The van der Waals surface area contributed by atoms with Crippen molar-refractivity contribution in [2.24, 2.45) is 5.92 Å². The van der Waals surface area contributed by atoms with Crippen LogP contribution in [-0.2, 0) is 9.59 Å². The number of para-hydroxylation sites is 1. The predicted molar refractivity (Wildman–Crippen MR) is 95.3 cm³/mol. The number of anilines is 1. The summed E-state index contributed by atoms with van der Waals surface area (Å²) in [6.07, 6.45) is 6.06. The molecule has 1 saturated carbocycles. The molecule has 0 aromatic heterocycles. The van der Waals surface area contributed by atoms with Crippen molar-refractivity contribution in [3.05, 3.63) is 29.8 Å². The molecule has 3 amide bonds. The summed E-state index contributed by atoms with van der Waals surface area (Å²) in [5, 5.41) is 2.96. The van der Waals surface area contributed by atoms with Crippen molar-refractivity contribution >= 4 is 23.4 Å². The van der Waals surface area contributed by atoms with Crippen LogP contribution in [0.2, 0.25) is 0 Å². The van der Waals surface area contributed by atoms with Crippen LogP contribution in [-0.4, -0.2) is 49.3 Å². The molecule has 6 heteroatoms. The van der Waals surface area contributed by atoms with Gasteiger partial charge in [-0.05, 0) is 30.9 Å². The van der Waals surface area contributed by atoms with Crippen molar-refractivity contribution in [3.8, 4) is 0 Å². The molecule has 25 heavy (non-hydrogen) atoms. The van der Waals surface area contributed by atoms with E-state index >= 15 is 0 Å². The normalized spacial score (nSPS) is 18.8. The summed E-state index contributed by atoms with van der Waals surface area (Å²) >= 11 is 0. The van der Waals surface area contributed by atoms with E-state index in [9.17, 15) is 14.4 Å². The molecule has 0 spiro atoms. The van der Waals surface area contributed by atoms with Crippen LogP contribution in [0.4, 0.5) is 5.69 Å². The van der Waals surface area contributed by atoms with E-state index in [1.54, 1.807) is 31.3 Å². The third-order valence-electron chi connectivity index (χ3n) is 5.06. The second-order valence-corrected chi connectivity index (χ2v) is 6.97. The first-order valence-electron chi connectivity index (χ1n) is 8.98. The summed E-state index contributed by atoms with van der Waals surface area (Å²) in [7, 11) is 1.60. The Morgan fingerprint density at radius 2 is 1.88 bits per heavy atom. The molecule has 3 rings (SSSR count). The molecule has 1 aliphatic heterocycles. The van der Waals surface area contributed by atoms with E-state index in [-0.39, 0.29) is 30.8 Å². The van der Waals surface area contributed by atoms with Crippen LogP contribution >= 0.6 is 0 Å². The molecule has 0 bridgehead atoms. The minimum absolute atomic E-state index is 0.0244. The molecule has 134 valence electrons. The van der Waals surface area contributed by atoms with Crippen LogP contribution in [0.1, 0.15) is 42.5 Å². The Morgan fingerprint density at radius 1 is 1.16 bits per heavy atom. The summed E-state index contributed by atoms with van der Waals surface area (Å²) in [5.41, 5.74) is 0.964. The SMILES string of the molecule is CN1CC(=O)N(CC(=O)NCC2CCCCC2)c2ccccc2C1=O. The van der Waals surface area contributed by atoms with Crippen LogP contribution < -0.4 is 10.2 Å². The Bertz CT molecular complexity index is 668. The van der Waals surface area contributed by atoms with Crippen molar-refractivity contribution in [2.75, 3.05) is 31.6 Å². The lowest BCUT2D eigenvalue weighted by molar-refractivity contribution is -0.124. The number of carbonyl (C=O) groups excluding carboxylic acids is 3. The Labute approximate surface area is 148 Å². The van der Waals surface area contributed by atoms with E-state index in [1.165, 1.54) is 29.1 Å². The highest BCUT2D eigenvalue weighted by atomic mass is 16.2. The Morgan fingerprint density at radius 3 is 2.64 bits per heavy atom. The second-order valence-electron chi connectivity index (χ2n) is 6.97. The van der Waals surface area contributed by atoms with E-state index in [0.29, 0.717) is 23.7 Å². The standard InChI is InChI=1S/C19H25N3O3/c1-21-13-18(24)22(16-10-6-5-9-15(16)19(21)25)12-17(23)20-11-14-7-3-2-4-8-14/h5-6,9-10,14H,2-4,7-8,11-13H2,1H3,(H,20,23). The molecule has 0 atom stereocenters. The number of rotatable bonds is 4. The van der Waals surface area contributed by atoms with Gasteiger partial charge in [-0.2, -0.15) is 0 Å². The maximum Gasteiger partial charge on any atom is 0.256 e. The smallest absolute Gasteiger partial charge is 0.256 e. The Hall–Kier alpha value is -2.37. The van der Waals surface area contributed by atoms with Crippen molar-refractivity contribution in [3.63, 3.8) is 0 Å². The third kappa shape index (κ3) is 4.00. The highest BCUT2D eigenvalue weighted by Gasteiger charge is 2.30. The van der Waals surface area contributed by atoms with Gasteiger partial charge in [0, 0.05) is 13.6 Å². The molecule has 1 heterocycles. The number of hydrogen-bond acceptors (Lipinski definition) is 3. The van der Waals surface area contributed by atoms with Gasteiger partial charge in [0.25, 0.3) is 5.91 Å². The number of nitrogens with zero attached hydrogens (tertiary/aromatic N) is 2. The fourth-order valence-corrected chi connectivity index (χ4v) is 3.61. The molecular weight excluding hydrogens is 318 g/mol. The highest BCUT2D eigenvalue weighted by molar-refractivity contribution is 6.11. The van der Waals surface area contributed by atoms with Gasteiger partial charge in [0.1, 0.15) is 13.1 Å². The van der Waals surface area contributed by atoms with E-state index in [4.69, 9.17) is 0 Å². The fourth-order valence-electron chi connectivity index (χ4n) is 3.61. The van der Waals surface area contributed by atoms with Gasteiger partial charge >= 0.3 is 0 Å². The number of hydrogen-bond donors (Lipinski definition) is 1. The first-order valence-corrected chi connectivity index (χ1v) is 8.98. The number of likely N-dealkylation sites (N-methyl/N-ethyl adjacent to an activating group) is 1. The summed E-state index contributed by atoms with van der Waals surface area (Å²) in [5.74, 6) is -0.0778. The first kappa shape index (κ1) is 17.5. The number of carbonyl (C=O) groups is 3. The molecule has 0 radical (unpaired) electrons. The maximum absolute atomic E-state index is 12.5. The Kier molecular flexibility index (Phi) is 5.36.